The Labute approximate surface area is 101 Å². The quantitative estimate of drug-likeness (QED) is 0.752. The van der Waals surface area contributed by atoms with E-state index < -0.39 is 17.6 Å². The lowest BCUT2D eigenvalue weighted by Crippen LogP contribution is -2.15. The van der Waals surface area contributed by atoms with Gasteiger partial charge in [-0.1, -0.05) is 0 Å². The number of primary amides is 1. The minimum atomic E-state index is -0.896. The molecule has 0 unspecified atom stereocenters. The van der Waals surface area contributed by atoms with E-state index in [0.29, 0.717) is 5.56 Å². The molecule has 18 heavy (non-hydrogen) atoms. The van der Waals surface area contributed by atoms with Gasteiger partial charge in [0.15, 0.2) is 0 Å². The molecule has 0 fully saturated rings. The number of aromatic nitrogens is 2. The molecule has 7 heteroatoms. The van der Waals surface area contributed by atoms with E-state index in [1.165, 1.54) is 24.5 Å². The molecule has 1 heterocycles. The van der Waals surface area contributed by atoms with E-state index in [9.17, 15) is 14.0 Å². The van der Waals surface area contributed by atoms with Gasteiger partial charge in [0.1, 0.15) is 5.82 Å². The molecule has 0 aliphatic carbocycles. The molecule has 0 saturated carbocycles. The standard InChI is InChI=1S/C11H9FN4O2/c12-9-2-1-7(3-8(9)10(13)17)16-11(18)6-4-14-15-5-6/h1-5H,(H2,13,17)(H,14,15)(H,16,18). The second-order valence-corrected chi connectivity index (χ2v) is 3.50. The van der Waals surface area contributed by atoms with Crippen molar-refractivity contribution < 1.29 is 14.0 Å². The van der Waals surface area contributed by atoms with Gasteiger partial charge in [-0.05, 0) is 18.2 Å². The van der Waals surface area contributed by atoms with Crippen LogP contribution >= 0.6 is 0 Å². The number of amides is 2. The molecule has 6 nitrogen and oxygen atoms in total. The van der Waals surface area contributed by atoms with Gasteiger partial charge in [-0.3, -0.25) is 14.7 Å². The Morgan fingerprint density at radius 3 is 2.78 bits per heavy atom. The molecule has 0 atom stereocenters. The largest absolute Gasteiger partial charge is 0.366 e. The van der Waals surface area contributed by atoms with Crippen LogP contribution in [0.3, 0.4) is 0 Å². The van der Waals surface area contributed by atoms with Crippen LogP contribution in [-0.2, 0) is 0 Å². The highest BCUT2D eigenvalue weighted by atomic mass is 19.1. The Morgan fingerprint density at radius 1 is 1.39 bits per heavy atom. The molecule has 0 aliphatic heterocycles. The molecule has 1 aromatic heterocycles. The van der Waals surface area contributed by atoms with E-state index in [1.54, 1.807) is 0 Å². The van der Waals surface area contributed by atoms with Gasteiger partial charge in [0.05, 0.1) is 17.3 Å². The number of anilines is 1. The van der Waals surface area contributed by atoms with Crippen molar-refractivity contribution in [2.24, 2.45) is 5.73 Å². The number of carbonyl (C=O) groups is 2. The SMILES string of the molecule is NC(=O)c1cc(NC(=O)c2cn[nH]c2)ccc1F. The van der Waals surface area contributed by atoms with Crippen molar-refractivity contribution in [3.63, 3.8) is 0 Å². The highest BCUT2D eigenvalue weighted by Gasteiger charge is 2.11. The summed E-state index contributed by atoms with van der Waals surface area (Å²) in [5.74, 6) is -2.05. The third kappa shape index (κ3) is 2.34. The van der Waals surface area contributed by atoms with Crippen molar-refractivity contribution in [3.8, 4) is 0 Å². The maximum Gasteiger partial charge on any atom is 0.258 e. The normalized spacial score (nSPS) is 10.1. The summed E-state index contributed by atoms with van der Waals surface area (Å²) in [4.78, 5) is 22.6. The van der Waals surface area contributed by atoms with Gasteiger partial charge < -0.3 is 11.1 Å². The van der Waals surface area contributed by atoms with Gasteiger partial charge in [-0.15, -0.1) is 0 Å². The first-order valence-corrected chi connectivity index (χ1v) is 4.97. The van der Waals surface area contributed by atoms with Crippen LogP contribution in [0.1, 0.15) is 20.7 Å². The Morgan fingerprint density at radius 2 is 2.17 bits per heavy atom. The van der Waals surface area contributed by atoms with E-state index in [1.807, 2.05) is 0 Å². The summed E-state index contributed by atoms with van der Waals surface area (Å²) in [6, 6.07) is 3.57. The zero-order valence-electron chi connectivity index (χ0n) is 9.11. The van der Waals surface area contributed by atoms with Crippen LogP contribution in [0, 0.1) is 5.82 Å². The summed E-state index contributed by atoms with van der Waals surface area (Å²) in [6.45, 7) is 0. The Hall–Kier alpha value is -2.70. The predicted octanol–water partition coefficient (Wildman–Crippen LogP) is 0.900. The minimum Gasteiger partial charge on any atom is -0.366 e. The number of rotatable bonds is 3. The molecule has 0 radical (unpaired) electrons. The summed E-state index contributed by atoms with van der Waals surface area (Å²) in [5.41, 5.74) is 5.32. The van der Waals surface area contributed by atoms with Crippen LogP contribution in [-0.4, -0.2) is 22.0 Å². The van der Waals surface area contributed by atoms with Crippen molar-refractivity contribution in [3.05, 3.63) is 47.5 Å². The molecule has 92 valence electrons. The third-order valence-electron chi connectivity index (χ3n) is 2.25. The molecule has 0 bridgehead atoms. The fourth-order valence-electron chi connectivity index (χ4n) is 1.37. The number of carbonyl (C=O) groups excluding carboxylic acids is 2. The summed E-state index contributed by atoms with van der Waals surface area (Å²) in [5, 5.41) is 8.61. The van der Waals surface area contributed by atoms with E-state index in [-0.39, 0.29) is 11.3 Å². The van der Waals surface area contributed by atoms with E-state index in [0.717, 1.165) is 6.07 Å². The molecule has 2 rings (SSSR count). The van der Waals surface area contributed by atoms with Gasteiger partial charge >= 0.3 is 0 Å². The molecular formula is C11H9FN4O2. The second-order valence-electron chi connectivity index (χ2n) is 3.50. The predicted molar refractivity (Wildman–Crippen MR) is 61.5 cm³/mol. The third-order valence-corrected chi connectivity index (χ3v) is 2.25. The van der Waals surface area contributed by atoms with Crippen LogP contribution in [0.5, 0.6) is 0 Å². The zero-order valence-corrected chi connectivity index (χ0v) is 9.11. The van der Waals surface area contributed by atoms with Crippen LogP contribution in [0.2, 0.25) is 0 Å². The number of halogens is 1. The molecule has 0 aliphatic rings. The average Bonchev–Trinajstić information content (AvgIpc) is 2.85. The fourth-order valence-corrected chi connectivity index (χ4v) is 1.37. The monoisotopic (exact) mass is 248 g/mol. The fraction of sp³-hybridized carbons (Fsp3) is 0. The highest BCUT2D eigenvalue weighted by molar-refractivity contribution is 6.04. The van der Waals surface area contributed by atoms with Gasteiger partial charge in [0.2, 0.25) is 0 Å². The number of hydrogen-bond acceptors (Lipinski definition) is 3. The lowest BCUT2D eigenvalue weighted by atomic mass is 10.1. The zero-order chi connectivity index (χ0) is 13.1. The molecule has 4 N–H and O–H groups in total. The molecule has 1 aromatic carbocycles. The first kappa shape index (κ1) is 11.8. The summed E-state index contributed by atoms with van der Waals surface area (Å²) >= 11 is 0. The Bertz CT molecular complexity index is 595. The Kier molecular flexibility index (Phi) is 3.05. The lowest BCUT2D eigenvalue weighted by Gasteiger charge is -2.05. The molecule has 0 spiro atoms. The van der Waals surface area contributed by atoms with Crippen LogP contribution in [0.4, 0.5) is 10.1 Å². The second kappa shape index (κ2) is 4.66. The number of nitrogens with two attached hydrogens (primary N) is 1. The van der Waals surface area contributed by atoms with Gasteiger partial charge in [0, 0.05) is 11.9 Å². The summed E-state index contributed by atoms with van der Waals surface area (Å²) in [7, 11) is 0. The number of nitrogens with zero attached hydrogens (tertiary/aromatic N) is 1. The number of aromatic amines is 1. The van der Waals surface area contributed by atoms with Crippen molar-refractivity contribution >= 4 is 17.5 Å². The highest BCUT2D eigenvalue weighted by Crippen LogP contribution is 2.15. The summed E-state index contributed by atoms with van der Waals surface area (Å²) < 4.78 is 13.2. The van der Waals surface area contributed by atoms with Gasteiger partial charge in [0.25, 0.3) is 11.8 Å². The van der Waals surface area contributed by atoms with E-state index in [2.05, 4.69) is 15.5 Å². The maximum atomic E-state index is 13.2. The number of benzene rings is 1. The molecular weight excluding hydrogens is 239 g/mol. The van der Waals surface area contributed by atoms with E-state index >= 15 is 0 Å². The Balaban J connectivity index is 2.22. The van der Waals surface area contributed by atoms with Crippen LogP contribution < -0.4 is 11.1 Å². The van der Waals surface area contributed by atoms with Gasteiger partial charge in [-0.25, -0.2) is 4.39 Å². The summed E-state index contributed by atoms with van der Waals surface area (Å²) in [6.07, 6.45) is 2.75. The van der Waals surface area contributed by atoms with Crippen molar-refractivity contribution in [1.29, 1.82) is 0 Å². The molecule has 2 aromatic rings. The average molecular weight is 248 g/mol. The van der Waals surface area contributed by atoms with E-state index in [4.69, 9.17) is 5.73 Å². The first-order valence-electron chi connectivity index (χ1n) is 4.97. The number of H-pyrrole nitrogens is 1. The topological polar surface area (TPSA) is 101 Å². The molecule has 2 amide bonds. The number of hydrogen-bond donors (Lipinski definition) is 3. The van der Waals surface area contributed by atoms with Crippen molar-refractivity contribution in [1.82, 2.24) is 10.2 Å². The van der Waals surface area contributed by atoms with Crippen LogP contribution in [0.15, 0.2) is 30.6 Å². The maximum absolute atomic E-state index is 13.2. The van der Waals surface area contributed by atoms with Gasteiger partial charge in [-0.2, -0.15) is 5.10 Å². The lowest BCUT2D eigenvalue weighted by molar-refractivity contribution is 0.0992. The molecule has 0 saturated heterocycles. The van der Waals surface area contributed by atoms with Crippen LogP contribution in [0.25, 0.3) is 0 Å². The smallest absolute Gasteiger partial charge is 0.258 e. The number of nitrogens with one attached hydrogen (secondary N) is 2. The minimum absolute atomic E-state index is 0.274. The van der Waals surface area contributed by atoms with Crippen molar-refractivity contribution in [2.45, 2.75) is 0 Å². The van der Waals surface area contributed by atoms with Crippen molar-refractivity contribution in [2.75, 3.05) is 5.32 Å². The first-order chi connectivity index (χ1) is 8.58.